The van der Waals surface area contributed by atoms with Crippen LogP contribution < -0.4 is 0 Å². The zero-order valence-electron chi connectivity index (χ0n) is 26.3. The molecule has 38 heavy (non-hydrogen) atoms. The third-order valence-electron chi connectivity index (χ3n) is 13.6. The van der Waals surface area contributed by atoms with Gasteiger partial charge in [-0.1, -0.05) is 55.4 Å². The van der Waals surface area contributed by atoms with Crippen molar-refractivity contribution in [2.75, 3.05) is 6.61 Å². The Bertz CT molecular complexity index is 888. The van der Waals surface area contributed by atoms with Gasteiger partial charge in [0.2, 0.25) is 0 Å². The van der Waals surface area contributed by atoms with Crippen molar-refractivity contribution in [3.05, 3.63) is 0 Å². The van der Waals surface area contributed by atoms with Crippen LogP contribution in [0, 0.1) is 52.3 Å². The summed E-state index contributed by atoms with van der Waals surface area (Å²) in [6, 6.07) is 0. The van der Waals surface area contributed by atoms with Crippen LogP contribution in [-0.2, 0) is 18.7 Å². The van der Waals surface area contributed by atoms with Crippen LogP contribution in [0.1, 0.15) is 107 Å². The number of hydrogen-bond donors (Lipinski definition) is 0. The van der Waals surface area contributed by atoms with Gasteiger partial charge in [0.1, 0.15) is 6.29 Å². The summed E-state index contributed by atoms with van der Waals surface area (Å²) in [5.74, 6) is 3.33. The van der Waals surface area contributed by atoms with Crippen LogP contribution in [0.2, 0.25) is 18.1 Å². The SMILES string of the molecule is CC1CC[C@@]2(OC1)O[C@H]1C[C@H]3[C@H](C)[C@@H]([C@@]4(C)CCC(O[Si](C)(C)C(C)(C)C)C[C@@H]4C=O)CC[C@]3(C)[C@H]1[C@@H]2C. The average molecular weight is 547 g/mol. The van der Waals surface area contributed by atoms with Crippen LogP contribution >= 0.6 is 0 Å². The van der Waals surface area contributed by atoms with Gasteiger partial charge in [0.15, 0.2) is 14.1 Å². The Balaban J connectivity index is 1.30. The van der Waals surface area contributed by atoms with E-state index in [2.05, 4.69) is 68.5 Å². The second kappa shape index (κ2) is 9.66. The molecule has 5 aliphatic rings. The maximum absolute atomic E-state index is 12.6. The maximum Gasteiger partial charge on any atom is 0.192 e. The number of hydrogen-bond acceptors (Lipinski definition) is 4. The molecule has 5 fully saturated rings. The van der Waals surface area contributed by atoms with Crippen LogP contribution in [0.4, 0.5) is 0 Å². The first kappa shape index (κ1) is 29.3. The van der Waals surface area contributed by atoms with E-state index in [4.69, 9.17) is 13.9 Å². The molecule has 0 radical (unpaired) electrons. The Morgan fingerprint density at radius 2 is 1.61 bits per heavy atom. The van der Waals surface area contributed by atoms with E-state index in [0.29, 0.717) is 47.0 Å². The number of rotatable bonds is 4. The minimum absolute atomic E-state index is 0.0732. The molecule has 2 unspecified atom stereocenters. The molecule has 2 heterocycles. The van der Waals surface area contributed by atoms with Crippen molar-refractivity contribution in [3.8, 4) is 0 Å². The molecule has 3 saturated carbocycles. The van der Waals surface area contributed by atoms with Gasteiger partial charge in [0, 0.05) is 24.4 Å². The Hall–Kier alpha value is -0.233. The average Bonchev–Trinajstić information content (AvgIpc) is 3.27. The Morgan fingerprint density at radius 3 is 2.21 bits per heavy atom. The molecule has 3 aliphatic carbocycles. The lowest BCUT2D eigenvalue weighted by Crippen LogP contribution is -2.53. The molecule has 4 nitrogen and oxygen atoms in total. The van der Waals surface area contributed by atoms with Crippen molar-refractivity contribution in [2.24, 2.45) is 52.3 Å². The molecule has 0 bridgehead atoms. The second-order valence-electron chi connectivity index (χ2n) is 16.6. The highest BCUT2D eigenvalue weighted by Crippen LogP contribution is 2.69. The van der Waals surface area contributed by atoms with Gasteiger partial charge >= 0.3 is 0 Å². The number of ether oxygens (including phenoxy) is 2. The van der Waals surface area contributed by atoms with E-state index in [-0.39, 0.29) is 28.3 Å². The minimum Gasteiger partial charge on any atom is -0.414 e. The highest BCUT2D eigenvalue weighted by Gasteiger charge is 2.68. The van der Waals surface area contributed by atoms with Gasteiger partial charge in [-0.15, -0.1) is 0 Å². The quantitative estimate of drug-likeness (QED) is 0.263. The molecule has 0 aromatic rings. The second-order valence-corrected chi connectivity index (χ2v) is 21.4. The topological polar surface area (TPSA) is 44.8 Å². The van der Waals surface area contributed by atoms with Gasteiger partial charge in [0.25, 0.3) is 0 Å². The summed E-state index contributed by atoms with van der Waals surface area (Å²) >= 11 is 0. The number of carbonyl (C=O) groups is 1. The molecule has 1 spiro atoms. The summed E-state index contributed by atoms with van der Waals surface area (Å²) < 4.78 is 20.3. The third-order valence-corrected chi connectivity index (χ3v) is 18.1. The van der Waals surface area contributed by atoms with Gasteiger partial charge in [0.05, 0.1) is 12.7 Å². The summed E-state index contributed by atoms with van der Waals surface area (Å²) in [7, 11) is -1.84. The summed E-state index contributed by atoms with van der Waals surface area (Å²) in [6.45, 7) is 24.8. The van der Waals surface area contributed by atoms with Crippen molar-refractivity contribution in [1.29, 1.82) is 0 Å². The van der Waals surface area contributed by atoms with Gasteiger partial charge in [-0.05, 0) is 103 Å². The van der Waals surface area contributed by atoms with E-state index < -0.39 is 8.32 Å². The zero-order valence-corrected chi connectivity index (χ0v) is 27.3. The van der Waals surface area contributed by atoms with Crippen molar-refractivity contribution < 1.29 is 18.7 Å². The molecule has 12 atom stereocenters. The molecular formula is C33H58O4Si. The van der Waals surface area contributed by atoms with Gasteiger partial charge in [-0.25, -0.2) is 0 Å². The Labute approximate surface area is 234 Å². The van der Waals surface area contributed by atoms with Crippen LogP contribution in [0.3, 0.4) is 0 Å². The molecule has 0 N–H and O–H groups in total. The van der Waals surface area contributed by atoms with Crippen LogP contribution in [0.5, 0.6) is 0 Å². The molecule has 0 amide bonds. The Kier molecular flexibility index (Phi) is 7.44. The van der Waals surface area contributed by atoms with E-state index in [9.17, 15) is 4.79 Å². The summed E-state index contributed by atoms with van der Waals surface area (Å²) in [6.07, 6.45) is 10.9. The number of fused-ring (bicyclic) bond motifs is 3. The third kappa shape index (κ3) is 4.43. The van der Waals surface area contributed by atoms with E-state index >= 15 is 0 Å². The lowest BCUT2D eigenvalue weighted by molar-refractivity contribution is -0.272. The van der Waals surface area contributed by atoms with Gasteiger partial charge < -0.3 is 18.7 Å². The van der Waals surface area contributed by atoms with E-state index in [0.717, 1.165) is 32.3 Å². The number of aldehydes is 1. The number of carbonyl (C=O) groups excluding carboxylic acids is 1. The van der Waals surface area contributed by atoms with E-state index in [1.165, 1.54) is 32.0 Å². The van der Waals surface area contributed by atoms with Crippen molar-refractivity contribution in [3.63, 3.8) is 0 Å². The minimum atomic E-state index is -1.84. The standard InChI is InChI=1S/C33H58O4Si/c1-21-11-16-33(35-20-21)23(3)29-28(36-33)18-27-22(2)26(13-15-32(27,29)8)31(7)14-12-25(17-24(31)19-34)37-38(9,10)30(4,5)6/h19,21-29H,11-18,20H2,1-10H3/t21?,22-,23+,24-,25?,26+,27+,28+,29+,31+,32+,33-/m1/s1. The molecule has 5 rings (SSSR count). The predicted octanol–water partition coefficient (Wildman–Crippen LogP) is 8.25. The first-order valence-corrected chi connectivity index (χ1v) is 18.9. The molecule has 2 aliphatic heterocycles. The monoisotopic (exact) mass is 546 g/mol. The normalized spacial score (nSPS) is 51.6. The fourth-order valence-corrected chi connectivity index (χ4v) is 11.5. The molecular weight excluding hydrogens is 488 g/mol. The van der Waals surface area contributed by atoms with E-state index in [1.807, 2.05) is 0 Å². The van der Waals surface area contributed by atoms with Crippen molar-refractivity contribution in [2.45, 2.75) is 143 Å². The highest BCUT2D eigenvalue weighted by atomic mass is 28.4. The lowest BCUT2D eigenvalue weighted by Gasteiger charge is -2.57. The first-order valence-electron chi connectivity index (χ1n) is 16.0. The maximum atomic E-state index is 12.6. The molecule has 0 aromatic heterocycles. The van der Waals surface area contributed by atoms with Crippen LogP contribution in [0.25, 0.3) is 0 Å². The first-order chi connectivity index (χ1) is 17.6. The van der Waals surface area contributed by atoms with Crippen molar-refractivity contribution in [1.82, 2.24) is 0 Å². The van der Waals surface area contributed by atoms with Gasteiger partial charge in [-0.2, -0.15) is 0 Å². The lowest BCUT2D eigenvalue weighted by atomic mass is 9.48. The van der Waals surface area contributed by atoms with Crippen molar-refractivity contribution >= 4 is 14.6 Å². The highest BCUT2D eigenvalue weighted by molar-refractivity contribution is 6.74. The molecule has 218 valence electrons. The molecule has 5 heteroatoms. The fourth-order valence-electron chi connectivity index (χ4n) is 10.1. The predicted molar refractivity (Wildman–Crippen MR) is 156 cm³/mol. The fraction of sp³-hybridized carbons (Fsp3) is 0.970. The molecule has 0 aromatic carbocycles. The largest absolute Gasteiger partial charge is 0.414 e. The zero-order chi connectivity index (χ0) is 27.9. The van der Waals surface area contributed by atoms with E-state index in [1.54, 1.807) is 0 Å². The summed E-state index contributed by atoms with van der Waals surface area (Å²) in [5.41, 5.74) is 0.384. The van der Waals surface area contributed by atoms with Gasteiger partial charge in [-0.3, -0.25) is 0 Å². The Morgan fingerprint density at radius 1 is 0.921 bits per heavy atom. The van der Waals surface area contributed by atoms with Crippen LogP contribution in [-0.4, -0.2) is 39.2 Å². The summed E-state index contributed by atoms with van der Waals surface area (Å²) in [5, 5.41) is 0.200. The summed E-state index contributed by atoms with van der Waals surface area (Å²) in [4.78, 5) is 12.6. The smallest absolute Gasteiger partial charge is 0.192 e. The van der Waals surface area contributed by atoms with Crippen LogP contribution in [0.15, 0.2) is 0 Å². The molecule has 2 saturated heterocycles.